The molecule has 0 fully saturated rings. The Morgan fingerprint density at radius 1 is 1.16 bits per heavy atom. The number of fused-ring (bicyclic) bond motifs is 1. The van der Waals surface area contributed by atoms with Crippen molar-refractivity contribution in [2.75, 3.05) is 20.8 Å². The normalized spacial score (nSPS) is 10.9. The van der Waals surface area contributed by atoms with Crippen molar-refractivity contribution in [1.82, 2.24) is 4.57 Å². The minimum atomic E-state index is 0.203. The molecule has 0 spiro atoms. The summed E-state index contributed by atoms with van der Waals surface area (Å²) in [4.78, 5) is 0. The van der Waals surface area contributed by atoms with E-state index in [4.69, 9.17) is 14.6 Å². The molecule has 4 nitrogen and oxygen atoms in total. The molecule has 0 saturated heterocycles. The summed E-state index contributed by atoms with van der Waals surface area (Å²) in [6.07, 6.45) is 3.87. The highest BCUT2D eigenvalue weighted by Gasteiger charge is 2.12. The van der Waals surface area contributed by atoms with Crippen LogP contribution in [0.2, 0.25) is 0 Å². The van der Waals surface area contributed by atoms with E-state index in [-0.39, 0.29) is 6.61 Å². The summed E-state index contributed by atoms with van der Waals surface area (Å²) in [5.41, 5.74) is 2.41. The van der Waals surface area contributed by atoms with Crippen LogP contribution in [0.3, 0.4) is 0 Å². The van der Waals surface area contributed by atoms with Crippen LogP contribution >= 0.6 is 0 Å². The van der Waals surface area contributed by atoms with Gasteiger partial charge in [-0.3, -0.25) is 0 Å². The summed E-state index contributed by atoms with van der Waals surface area (Å²) in [7, 11) is 3.30. The quantitative estimate of drug-likeness (QED) is 0.871. The number of hydrogen-bond acceptors (Lipinski definition) is 3. The average molecular weight is 263 g/mol. The predicted molar refractivity (Wildman–Crippen MR) is 76.1 cm³/mol. The van der Waals surface area contributed by atoms with E-state index >= 15 is 0 Å². The van der Waals surface area contributed by atoms with Gasteiger partial charge >= 0.3 is 0 Å². The number of hydrogen-bond donors (Lipinski definition) is 1. The Kier molecular flexibility index (Phi) is 4.32. The Bertz CT molecular complexity index is 560. The van der Waals surface area contributed by atoms with Gasteiger partial charge in [0, 0.05) is 30.8 Å². The summed E-state index contributed by atoms with van der Waals surface area (Å²) >= 11 is 0. The third kappa shape index (κ3) is 2.54. The van der Waals surface area contributed by atoms with Gasteiger partial charge in [-0.25, -0.2) is 0 Å². The first-order valence-electron chi connectivity index (χ1n) is 6.59. The molecule has 0 aliphatic carbocycles. The maximum absolute atomic E-state index is 8.99. The van der Waals surface area contributed by atoms with Crippen molar-refractivity contribution in [1.29, 1.82) is 0 Å². The van der Waals surface area contributed by atoms with Crippen molar-refractivity contribution in [3.8, 4) is 11.5 Å². The van der Waals surface area contributed by atoms with Crippen molar-refractivity contribution < 1.29 is 14.6 Å². The van der Waals surface area contributed by atoms with E-state index in [1.54, 1.807) is 14.2 Å². The van der Waals surface area contributed by atoms with E-state index in [9.17, 15) is 0 Å². The molecule has 0 aliphatic heterocycles. The number of nitrogens with zero attached hydrogens (tertiary/aromatic N) is 1. The molecular weight excluding hydrogens is 242 g/mol. The zero-order valence-electron chi connectivity index (χ0n) is 11.8. The Morgan fingerprint density at radius 3 is 2.42 bits per heavy atom. The second kappa shape index (κ2) is 5.97. The van der Waals surface area contributed by atoms with E-state index in [0.717, 1.165) is 36.4 Å². The number of aromatic nitrogens is 1. The van der Waals surface area contributed by atoms with Crippen LogP contribution in [-0.2, 0) is 13.0 Å². The minimum absolute atomic E-state index is 0.203. The van der Waals surface area contributed by atoms with Crippen LogP contribution in [-0.4, -0.2) is 30.5 Å². The predicted octanol–water partition coefficient (Wildman–Crippen LogP) is 2.60. The molecule has 0 aliphatic rings. The molecule has 2 aromatic rings. The smallest absolute Gasteiger partial charge is 0.162 e. The largest absolute Gasteiger partial charge is 0.493 e. The van der Waals surface area contributed by atoms with Gasteiger partial charge in [0.1, 0.15) is 0 Å². The molecule has 4 heteroatoms. The van der Waals surface area contributed by atoms with E-state index in [1.165, 1.54) is 10.9 Å². The topological polar surface area (TPSA) is 43.6 Å². The number of aliphatic hydroxyl groups excluding tert-OH is 1. The lowest BCUT2D eigenvalue weighted by Crippen LogP contribution is -1.99. The number of methoxy groups -OCH3 is 2. The standard InChI is InChI=1S/C15H21NO3/c1-4-11-10-16(6-5-7-17)13-9-15(19-3)14(18-2)8-12(11)13/h8-10,17H,4-7H2,1-3H3. The lowest BCUT2D eigenvalue weighted by Gasteiger charge is -2.09. The van der Waals surface area contributed by atoms with Gasteiger partial charge in [-0.05, 0) is 24.5 Å². The fourth-order valence-electron chi connectivity index (χ4n) is 2.40. The SMILES string of the molecule is CCc1cn(CCCO)c2cc(OC)c(OC)cc12. The van der Waals surface area contributed by atoms with Gasteiger partial charge in [0.25, 0.3) is 0 Å². The first kappa shape index (κ1) is 13.7. The van der Waals surface area contributed by atoms with Crippen molar-refractivity contribution in [3.05, 3.63) is 23.9 Å². The zero-order valence-corrected chi connectivity index (χ0v) is 11.8. The van der Waals surface area contributed by atoms with Crippen molar-refractivity contribution in [3.63, 3.8) is 0 Å². The molecule has 1 N–H and O–H groups in total. The van der Waals surface area contributed by atoms with Crippen LogP contribution in [0.15, 0.2) is 18.3 Å². The number of ether oxygens (including phenoxy) is 2. The summed E-state index contributed by atoms with van der Waals surface area (Å²) in [6.45, 7) is 3.15. The molecular formula is C15H21NO3. The number of rotatable bonds is 6. The van der Waals surface area contributed by atoms with E-state index < -0.39 is 0 Å². The third-order valence-electron chi connectivity index (χ3n) is 3.41. The highest BCUT2D eigenvalue weighted by Crippen LogP contribution is 2.34. The Labute approximate surface area is 113 Å². The van der Waals surface area contributed by atoms with Crippen LogP contribution < -0.4 is 9.47 Å². The second-order valence-electron chi connectivity index (χ2n) is 4.50. The lowest BCUT2D eigenvalue weighted by atomic mass is 10.1. The monoisotopic (exact) mass is 263 g/mol. The Hall–Kier alpha value is -1.68. The van der Waals surface area contributed by atoms with Gasteiger partial charge in [-0.2, -0.15) is 0 Å². The molecule has 19 heavy (non-hydrogen) atoms. The average Bonchev–Trinajstić information content (AvgIpc) is 2.80. The maximum Gasteiger partial charge on any atom is 0.162 e. The molecule has 0 unspecified atom stereocenters. The molecule has 1 aromatic heterocycles. The van der Waals surface area contributed by atoms with Gasteiger partial charge in [0.15, 0.2) is 11.5 Å². The zero-order chi connectivity index (χ0) is 13.8. The van der Waals surface area contributed by atoms with Crippen LogP contribution in [0.5, 0.6) is 11.5 Å². The molecule has 104 valence electrons. The van der Waals surface area contributed by atoms with Gasteiger partial charge in [-0.1, -0.05) is 6.92 Å². The molecule has 0 radical (unpaired) electrons. The van der Waals surface area contributed by atoms with Crippen LogP contribution in [0, 0.1) is 0 Å². The Balaban J connectivity index is 2.58. The third-order valence-corrected chi connectivity index (χ3v) is 3.41. The molecule has 0 amide bonds. The molecule has 0 bridgehead atoms. The fourth-order valence-corrected chi connectivity index (χ4v) is 2.40. The second-order valence-corrected chi connectivity index (χ2v) is 4.50. The van der Waals surface area contributed by atoms with E-state index in [2.05, 4.69) is 17.7 Å². The van der Waals surface area contributed by atoms with Gasteiger partial charge in [0.05, 0.1) is 19.7 Å². The van der Waals surface area contributed by atoms with Gasteiger partial charge in [0.2, 0.25) is 0 Å². The molecule has 1 aromatic carbocycles. The van der Waals surface area contributed by atoms with Crippen molar-refractivity contribution in [2.45, 2.75) is 26.3 Å². The molecule has 0 saturated carbocycles. The lowest BCUT2D eigenvalue weighted by molar-refractivity contribution is 0.280. The highest BCUT2D eigenvalue weighted by atomic mass is 16.5. The van der Waals surface area contributed by atoms with E-state index in [1.807, 2.05) is 12.1 Å². The van der Waals surface area contributed by atoms with Gasteiger partial charge in [-0.15, -0.1) is 0 Å². The fraction of sp³-hybridized carbons (Fsp3) is 0.467. The van der Waals surface area contributed by atoms with E-state index in [0.29, 0.717) is 0 Å². The molecule has 2 rings (SSSR count). The van der Waals surface area contributed by atoms with Crippen LogP contribution in [0.4, 0.5) is 0 Å². The summed E-state index contributed by atoms with van der Waals surface area (Å²) in [6, 6.07) is 4.03. The minimum Gasteiger partial charge on any atom is -0.493 e. The first-order chi connectivity index (χ1) is 9.24. The molecule has 0 atom stereocenters. The first-order valence-corrected chi connectivity index (χ1v) is 6.59. The van der Waals surface area contributed by atoms with Gasteiger partial charge < -0.3 is 19.1 Å². The maximum atomic E-state index is 8.99. The van der Waals surface area contributed by atoms with Crippen molar-refractivity contribution in [2.24, 2.45) is 0 Å². The Morgan fingerprint density at radius 2 is 1.84 bits per heavy atom. The molecule has 1 heterocycles. The summed E-state index contributed by atoms with van der Waals surface area (Å²) in [5.74, 6) is 1.49. The van der Waals surface area contributed by atoms with Crippen LogP contribution in [0.1, 0.15) is 18.9 Å². The van der Waals surface area contributed by atoms with Crippen molar-refractivity contribution >= 4 is 10.9 Å². The number of aliphatic hydroxyl groups is 1. The highest BCUT2D eigenvalue weighted by molar-refractivity contribution is 5.87. The summed E-state index contributed by atoms with van der Waals surface area (Å²) in [5, 5.41) is 10.2. The number of aryl methyl sites for hydroxylation is 2. The summed E-state index contributed by atoms with van der Waals surface area (Å²) < 4.78 is 12.9. The van der Waals surface area contributed by atoms with Crippen LogP contribution in [0.25, 0.3) is 10.9 Å². The number of benzene rings is 1.